The molecule has 4 heteroatoms. The Morgan fingerprint density at radius 3 is 2.81 bits per heavy atom. The number of hydrogen-bond donors (Lipinski definition) is 2. The lowest BCUT2D eigenvalue weighted by Crippen LogP contribution is -2.24. The van der Waals surface area contributed by atoms with Crippen LogP contribution in [0.2, 0.25) is 0 Å². The highest BCUT2D eigenvalue weighted by Crippen LogP contribution is 2.06. The number of carbonyl (C=O) groups is 2. The maximum Gasteiger partial charge on any atom is 0.335 e. The van der Waals surface area contributed by atoms with Gasteiger partial charge in [0.15, 0.2) is 0 Å². The molecule has 0 aliphatic rings. The Bertz CT molecular complexity index is 412. The van der Waals surface area contributed by atoms with Gasteiger partial charge in [0, 0.05) is 6.54 Å². The fraction of sp³-hybridized carbons (Fsp3) is 0.167. The summed E-state index contributed by atoms with van der Waals surface area (Å²) in [5, 5.41) is 11.4. The lowest BCUT2D eigenvalue weighted by Gasteiger charge is -2.03. The van der Waals surface area contributed by atoms with E-state index in [0.717, 1.165) is 0 Å². The summed E-state index contributed by atoms with van der Waals surface area (Å²) in [6.45, 7) is 3.90. The van der Waals surface area contributed by atoms with Gasteiger partial charge in [-0.3, -0.25) is 4.79 Å². The van der Waals surface area contributed by atoms with Crippen LogP contribution in [0, 0.1) is 0 Å². The Morgan fingerprint density at radius 2 is 2.19 bits per heavy atom. The first-order valence-electron chi connectivity index (χ1n) is 4.83. The molecule has 0 bridgehead atoms. The number of aromatic carboxylic acids is 1. The lowest BCUT2D eigenvalue weighted by molar-refractivity contribution is -0.120. The maximum absolute atomic E-state index is 11.3. The van der Waals surface area contributed by atoms with Gasteiger partial charge in [-0.05, 0) is 17.7 Å². The number of carbonyl (C=O) groups excluding carboxylic acids is 1. The molecule has 1 amide bonds. The summed E-state index contributed by atoms with van der Waals surface area (Å²) < 4.78 is 0. The van der Waals surface area contributed by atoms with Gasteiger partial charge >= 0.3 is 5.97 Å². The van der Waals surface area contributed by atoms with Gasteiger partial charge in [0.25, 0.3) is 0 Å². The zero-order valence-electron chi connectivity index (χ0n) is 8.77. The normalized spacial score (nSPS) is 9.50. The van der Waals surface area contributed by atoms with Crippen LogP contribution in [0.4, 0.5) is 0 Å². The molecule has 1 aromatic rings. The molecule has 16 heavy (non-hydrogen) atoms. The molecule has 0 heterocycles. The third kappa shape index (κ3) is 3.57. The van der Waals surface area contributed by atoms with E-state index in [1.54, 1.807) is 18.2 Å². The summed E-state index contributed by atoms with van der Waals surface area (Å²) in [4.78, 5) is 22.0. The molecule has 0 aliphatic carbocycles. The summed E-state index contributed by atoms with van der Waals surface area (Å²) in [6, 6.07) is 6.34. The Kier molecular flexibility index (Phi) is 4.27. The molecule has 2 N–H and O–H groups in total. The second kappa shape index (κ2) is 5.70. The number of hydrogen-bond acceptors (Lipinski definition) is 2. The molecule has 0 saturated heterocycles. The molecular weight excluding hydrogens is 206 g/mol. The molecule has 84 valence electrons. The van der Waals surface area contributed by atoms with Crippen LogP contribution in [-0.4, -0.2) is 23.5 Å². The second-order valence-corrected chi connectivity index (χ2v) is 3.28. The number of rotatable bonds is 5. The van der Waals surface area contributed by atoms with Crippen molar-refractivity contribution in [1.82, 2.24) is 5.32 Å². The molecule has 1 rings (SSSR count). The van der Waals surface area contributed by atoms with Crippen molar-refractivity contribution in [3.8, 4) is 0 Å². The zero-order chi connectivity index (χ0) is 12.0. The molecule has 0 fully saturated rings. The smallest absolute Gasteiger partial charge is 0.335 e. The molecule has 0 spiro atoms. The van der Waals surface area contributed by atoms with Crippen molar-refractivity contribution in [1.29, 1.82) is 0 Å². The largest absolute Gasteiger partial charge is 0.478 e. The summed E-state index contributed by atoms with van der Waals surface area (Å²) in [5.74, 6) is -1.14. The molecule has 0 unspecified atom stereocenters. The first kappa shape index (κ1) is 12.0. The Labute approximate surface area is 93.6 Å². The molecule has 1 aromatic carbocycles. The van der Waals surface area contributed by atoms with Crippen molar-refractivity contribution >= 4 is 11.9 Å². The van der Waals surface area contributed by atoms with Crippen molar-refractivity contribution in [3.63, 3.8) is 0 Å². The van der Waals surface area contributed by atoms with Crippen molar-refractivity contribution in [2.24, 2.45) is 0 Å². The van der Waals surface area contributed by atoms with Crippen LogP contribution in [-0.2, 0) is 11.2 Å². The van der Waals surface area contributed by atoms with E-state index in [9.17, 15) is 9.59 Å². The Morgan fingerprint density at radius 1 is 1.44 bits per heavy atom. The molecular formula is C12H13NO3. The van der Waals surface area contributed by atoms with E-state index in [4.69, 9.17) is 5.11 Å². The predicted octanol–water partition coefficient (Wildman–Crippen LogP) is 1.23. The molecule has 0 atom stereocenters. The summed E-state index contributed by atoms with van der Waals surface area (Å²) >= 11 is 0. The van der Waals surface area contributed by atoms with Gasteiger partial charge < -0.3 is 10.4 Å². The fourth-order valence-electron chi connectivity index (χ4n) is 1.25. The third-order valence-electron chi connectivity index (χ3n) is 1.98. The van der Waals surface area contributed by atoms with E-state index >= 15 is 0 Å². The highest BCUT2D eigenvalue weighted by Gasteiger charge is 2.06. The first-order chi connectivity index (χ1) is 7.63. The minimum absolute atomic E-state index is 0.151. The number of amides is 1. The second-order valence-electron chi connectivity index (χ2n) is 3.28. The van der Waals surface area contributed by atoms with Gasteiger partial charge in [0.05, 0.1) is 12.0 Å². The first-order valence-corrected chi connectivity index (χ1v) is 4.83. The van der Waals surface area contributed by atoms with E-state index in [1.165, 1.54) is 12.1 Å². The molecule has 0 saturated carbocycles. The number of carboxylic acids is 1. The average molecular weight is 219 g/mol. The van der Waals surface area contributed by atoms with Gasteiger partial charge in [-0.15, -0.1) is 6.58 Å². The number of benzene rings is 1. The van der Waals surface area contributed by atoms with Crippen LogP contribution in [0.3, 0.4) is 0 Å². The van der Waals surface area contributed by atoms with Crippen LogP contribution >= 0.6 is 0 Å². The lowest BCUT2D eigenvalue weighted by atomic mass is 10.1. The van der Waals surface area contributed by atoms with Crippen LogP contribution in [0.1, 0.15) is 15.9 Å². The molecule has 0 aromatic heterocycles. The average Bonchev–Trinajstić information content (AvgIpc) is 2.26. The van der Waals surface area contributed by atoms with E-state index in [1.807, 2.05) is 0 Å². The standard InChI is InChI=1S/C12H13NO3/c1-2-6-13-11(14)8-9-4-3-5-10(7-9)12(15)16/h2-5,7H,1,6,8H2,(H,13,14)(H,15,16). The minimum atomic E-state index is -0.992. The van der Waals surface area contributed by atoms with Crippen molar-refractivity contribution in [2.45, 2.75) is 6.42 Å². The van der Waals surface area contributed by atoms with E-state index in [-0.39, 0.29) is 17.9 Å². The fourth-order valence-corrected chi connectivity index (χ4v) is 1.25. The van der Waals surface area contributed by atoms with Gasteiger partial charge in [0.2, 0.25) is 5.91 Å². The van der Waals surface area contributed by atoms with Crippen LogP contribution in [0.25, 0.3) is 0 Å². The Balaban J connectivity index is 2.66. The quantitative estimate of drug-likeness (QED) is 0.732. The molecule has 0 aliphatic heterocycles. The Hall–Kier alpha value is -2.10. The number of nitrogens with one attached hydrogen (secondary N) is 1. The third-order valence-corrected chi connectivity index (χ3v) is 1.98. The van der Waals surface area contributed by atoms with Gasteiger partial charge in [-0.25, -0.2) is 4.79 Å². The van der Waals surface area contributed by atoms with E-state index in [2.05, 4.69) is 11.9 Å². The van der Waals surface area contributed by atoms with Crippen LogP contribution < -0.4 is 5.32 Å². The zero-order valence-corrected chi connectivity index (χ0v) is 8.77. The van der Waals surface area contributed by atoms with E-state index in [0.29, 0.717) is 12.1 Å². The van der Waals surface area contributed by atoms with Gasteiger partial charge in [-0.1, -0.05) is 18.2 Å². The van der Waals surface area contributed by atoms with E-state index < -0.39 is 5.97 Å². The predicted molar refractivity (Wildman–Crippen MR) is 60.3 cm³/mol. The summed E-state index contributed by atoms with van der Waals surface area (Å²) in [6.07, 6.45) is 1.76. The topological polar surface area (TPSA) is 66.4 Å². The van der Waals surface area contributed by atoms with Crippen LogP contribution in [0.5, 0.6) is 0 Å². The van der Waals surface area contributed by atoms with Gasteiger partial charge in [0.1, 0.15) is 0 Å². The minimum Gasteiger partial charge on any atom is -0.478 e. The van der Waals surface area contributed by atoms with Crippen LogP contribution in [0.15, 0.2) is 36.9 Å². The molecule has 0 radical (unpaired) electrons. The highest BCUT2D eigenvalue weighted by molar-refractivity contribution is 5.88. The van der Waals surface area contributed by atoms with Gasteiger partial charge in [-0.2, -0.15) is 0 Å². The van der Waals surface area contributed by atoms with Crippen molar-refractivity contribution in [3.05, 3.63) is 48.0 Å². The summed E-state index contributed by atoms with van der Waals surface area (Å²) in [7, 11) is 0. The molecule has 4 nitrogen and oxygen atoms in total. The van der Waals surface area contributed by atoms with Crippen molar-refractivity contribution < 1.29 is 14.7 Å². The number of carboxylic acid groups (broad SMARTS) is 1. The summed E-state index contributed by atoms with van der Waals surface area (Å²) in [5.41, 5.74) is 0.871. The SMILES string of the molecule is C=CCNC(=O)Cc1cccc(C(=O)O)c1. The monoisotopic (exact) mass is 219 g/mol. The van der Waals surface area contributed by atoms with Crippen molar-refractivity contribution in [2.75, 3.05) is 6.54 Å². The highest BCUT2D eigenvalue weighted by atomic mass is 16.4. The maximum atomic E-state index is 11.3.